The fourth-order valence-corrected chi connectivity index (χ4v) is 2.88. The van der Waals surface area contributed by atoms with Gasteiger partial charge < -0.3 is 10.6 Å². The Bertz CT molecular complexity index is 911. The molecular weight excluding hydrogens is 340 g/mol. The van der Waals surface area contributed by atoms with Crippen LogP contribution in [0, 0.1) is 17.3 Å². The molecular formula is C26H32N2. The Labute approximate surface area is 170 Å². The fraction of sp³-hybridized carbons (Fsp3) is 0.308. The number of nitrogens with one attached hydrogen (secondary N) is 2. The summed E-state index contributed by atoms with van der Waals surface area (Å²) in [7, 11) is 0. The molecule has 0 amide bonds. The second kappa shape index (κ2) is 9.33. The van der Waals surface area contributed by atoms with Crippen LogP contribution in [0.25, 0.3) is 5.57 Å². The molecule has 0 radical (unpaired) electrons. The molecule has 0 aliphatic carbocycles. The molecule has 0 fully saturated rings. The van der Waals surface area contributed by atoms with Crippen molar-refractivity contribution in [3.63, 3.8) is 0 Å². The Hall–Kier alpha value is -2.92. The van der Waals surface area contributed by atoms with Crippen LogP contribution in [0.1, 0.15) is 53.0 Å². The van der Waals surface area contributed by atoms with Crippen molar-refractivity contribution in [2.75, 3.05) is 5.32 Å². The molecule has 0 bridgehead atoms. The number of para-hydroxylation sites is 1. The number of benzene rings is 1. The monoisotopic (exact) mass is 372 g/mol. The van der Waals surface area contributed by atoms with Crippen molar-refractivity contribution in [2.24, 2.45) is 5.41 Å². The lowest BCUT2D eigenvalue weighted by molar-refractivity contribution is 0.357. The summed E-state index contributed by atoms with van der Waals surface area (Å²) in [5.41, 5.74) is 7.12. The molecule has 28 heavy (non-hydrogen) atoms. The van der Waals surface area contributed by atoms with Gasteiger partial charge in [0.25, 0.3) is 0 Å². The minimum atomic E-state index is 0.314. The summed E-state index contributed by atoms with van der Waals surface area (Å²) < 4.78 is 0. The second-order valence-electron chi connectivity index (χ2n) is 7.89. The topological polar surface area (TPSA) is 24.1 Å². The van der Waals surface area contributed by atoms with E-state index in [0.29, 0.717) is 5.41 Å². The van der Waals surface area contributed by atoms with Gasteiger partial charge in [-0.15, -0.1) is 0 Å². The fourth-order valence-electron chi connectivity index (χ4n) is 2.88. The first-order valence-corrected chi connectivity index (χ1v) is 9.81. The molecule has 146 valence electrons. The quantitative estimate of drug-likeness (QED) is 0.406. The SMILES string of the molecule is C=C(N/C(C#CC)=C(C)/C=C\CC(C)(C)CC)C1=CNc2ccccc2C1=C. The number of hydrogen-bond acceptors (Lipinski definition) is 2. The van der Waals surface area contributed by atoms with Crippen LogP contribution in [0.5, 0.6) is 0 Å². The van der Waals surface area contributed by atoms with Crippen molar-refractivity contribution >= 4 is 11.3 Å². The Kier molecular flexibility index (Phi) is 7.12. The van der Waals surface area contributed by atoms with E-state index in [1.54, 1.807) is 0 Å². The van der Waals surface area contributed by atoms with Crippen molar-refractivity contribution in [1.82, 2.24) is 5.32 Å². The summed E-state index contributed by atoms with van der Waals surface area (Å²) in [5, 5.41) is 6.73. The predicted octanol–water partition coefficient (Wildman–Crippen LogP) is 6.79. The van der Waals surface area contributed by atoms with Gasteiger partial charge >= 0.3 is 0 Å². The van der Waals surface area contributed by atoms with Gasteiger partial charge in [0.2, 0.25) is 0 Å². The first-order chi connectivity index (χ1) is 13.3. The van der Waals surface area contributed by atoms with E-state index in [1.165, 1.54) is 0 Å². The molecule has 1 aliphatic rings. The van der Waals surface area contributed by atoms with E-state index in [2.05, 4.69) is 81.5 Å². The number of fused-ring (bicyclic) bond motifs is 1. The van der Waals surface area contributed by atoms with Crippen LogP contribution in [0.2, 0.25) is 0 Å². The zero-order valence-corrected chi connectivity index (χ0v) is 17.9. The summed E-state index contributed by atoms with van der Waals surface area (Å²) in [4.78, 5) is 0. The molecule has 2 rings (SSSR count). The van der Waals surface area contributed by atoms with Crippen LogP contribution in [0.4, 0.5) is 5.69 Å². The molecule has 2 heteroatoms. The highest BCUT2D eigenvalue weighted by Gasteiger charge is 2.17. The van der Waals surface area contributed by atoms with Gasteiger partial charge in [-0.05, 0) is 48.8 Å². The maximum Gasteiger partial charge on any atom is 0.0926 e. The minimum absolute atomic E-state index is 0.314. The lowest BCUT2D eigenvalue weighted by Crippen LogP contribution is -2.17. The molecule has 0 aromatic heterocycles. The van der Waals surface area contributed by atoms with E-state index in [9.17, 15) is 0 Å². The Morgan fingerprint density at radius 2 is 2.00 bits per heavy atom. The molecule has 1 aromatic rings. The molecule has 0 saturated carbocycles. The molecule has 0 atom stereocenters. The van der Waals surface area contributed by atoms with Gasteiger partial charge in [-0.2, -0.15) is 0 Å². The molecule has 1 aromatic carbocycles. The van der Waals surface area contributed by atoms with Crippen LogP contribution >= 0.6 is 0 Å². The van der Waals surface area contributed by atoms with Crippen molar-refractivity contribution < 1.29 is 0 Å². The van der Waals surface area contributed by atoms with E-state index >= 15 is 0 Å². The zero-order chi connectivity index (χ0) is 20.7. The highest BCUT2D eigenvalue weighted by molar-refractivity contribution is 5.90. The maximum atomic E-state index is 4.27. The highest BCUT2D eigenvalue weighted by atomic mass is 14.9. The lowest BCUT2D eigenvalue weighted by Gasteiger charge is -2.23. The van der Waals surface area contributed by atoms with Gasteiger partial charge in [0.05, 0.1) is 5.70 Å². The smallest absolute Gasteiger partial charge is 0.0926 e. The maximum absolute atomic E-state index is 4.27. The van der Waals surface area contributed by atoms with Gasteiger partial charge in [0.15, 0.2) is 0 Å². The standard InChI is InChI=1S/C26H32N2/c1-8-13-24(19(3)14-12-17-26(6,7)9-2)28-21(5)23-18-27-25-16-11-10-15-22(25)20(23)4/h10-12,14-16,18,27-28H,4-5,9,17H2,1-3,6-7H3/b14-12-,24-19+. The third-order valence-corrected chi connectivity index (χ3v) is 5.19. The highest BCUT2D eigenvalue weighted by Crippen LogP contribution is 2.34. The van der Waals surface area contributed by atoms with E-state index in [0.717, 1.165) is 52.2 Å². The molecule has 2 N–H and O–H groups in total. The Morgan fingerprint density at radius 1 is 1.29 bits per heavy atom. The summed E-state index contributed by atoms with van der Waals surface area (Å²) in [5.74, 6) is 6.18. The van der Waals surface area contributed by atoms with Gasteiger partial charge in [-0.3, -0.25) is 0 Å². The van der Waals surface area contributed by atoms with E-state index in [4.69, 9.17) is 0 Å². The van der Waals surface area contributed by atoms with Gasteiger partial charge in [-0.1, -0.05) is 76.6 Å². The van der Waals surface area contributed by atoms with Crippen LogP contribution in [-0.4, -0.2) is 0 Å². The number of allylic oxidation sites excluding steroid dienone is 5. The minimum Gasteiger partial charge on any atom is -0.360 e. The van der Waals surface area contributed by atoms with E-state index in [1.807, 2.05) is 31.3 Å². The summed E-state index contributed by atoms with van der Waals surface area (Å²) in [6, 6.07) is 8.14. The lowest BCUT2D eigenvalue weighted by atomic mass is 9.86. The summed E-state index contributed by atoms with van der Waals surface area (Å²) in [6.07, 6.45) is 8.52. The Balaban J connectivity index is 2.19. The summed E-state index contributed by atoms with van der Waals surface area (Å²) in [6.45, 7) is 19.2. The van der Waals surface area contributed by atoms with Crippen LogP contribution in [0.15, 0.2) is 78.3 Å². The zero-order valence-electron chi connectivity index (χ0n) is 17.9. The number of rotatable bonds is 7. The van der Waals surface area contributed by atoms with Crippen LogP contribution in [0.3, 0.4) is 0 Å². The van der Waals surface area contributed by atoms with E-state index in [-0.39, 0.29) is 0 Å². The molecule has 0 spiro atoms. The van der Waals surface area contributed by atoms with Crippen molar-refractivity contribution in [1.29, 1.82) is 0 Å². The summed E-state index contributed by atoms with van der Waals surface area (Å²) >= 11 is 0. The first kappa shape index (κ1) is 21.4. The second-order valence-corrected chi connectivity index (χ2v) is 7.89. The first-order valence-electron chi connectivity index (χ1n) is 9.81. The third kappa shape index (κ3) is 5.30. The van der Waals surface area contributed by atoms with E-state index < -0.39 is 0 Å². The van der Waals surface area contributed by atoms with Gasteiger partial charge in [-0.25, -0.2) is 0 Å². The number of anilines is 1. The van der Waals surface area contributed by atoms with Crippen molar-refractivity contribution in [3.8, 4) is 11.8 Å². The van der Waals surface area contributed by atoms with Crippen LogP contribution < -0.4 is 10.6 Å². The van der Waals surface area contributed by atoms with Gasteiger partial charge in [0, 0.05) is 28.7 Å². The predicted molar refractivity (Wildman–Crippen MR) is 123 cm³/mol. The molecule has 1 aliphatic heterocycles. The Morgan fingerprint density at radius 3 is 2.68 bits per heavy atom. The van der Waals surface area contributed by atoms with Crippen molar-refractivity contribution in [2.45, 2.75) is 47.5 Å². The van der Waals surface area contributed by atoms with Crippen LogP contribution in [-0.2, 0) is 0 Å². The number of hydrogen-bond donors (Lipinski definition) is 2. The normalized spacial score (nSPS) is 14.3. The third-order valence-electron chi connectivity index (χ3n) is 5.19. The largest absolute Gasteiger partial charge is 0.360 e. The molecule has 0 saturated heterocycles. The van der Waals surface area contributed by atoms with Crippen molar-refractivity contribution in [3.05, 3.63) is 83.9 Å². The average Bonchev–Trinajstić information content (AvgIpc) is 2.67. The molecule has 1 heterocycles. The average molecular weight is 373 g/mol. The van der Waals surface area contributed by atoms with Gasteiger partial charge in [0.1, 0.15) is 0 Å². The molecule has 2 nitrogen and oxygen atoms in total. The molecule has 0 unspecified atom stereocenters.